The van der Waals surface area contributed by atoms with Crippen molar-refractivity contribution in [2.45, 2.75) is 33.1 Å². The molecule has 0 saturated heterocycles. The van der Waals surface area contributed by atoms with Crippen molar-refractivity contribution in [1.29, 1.82) is 0 Å². The highest BCUT2D eigenvalue weighted by Gasteiger charge is 2.04. The van der Waals surface area contributed by atoms with Gasteiger partial charge in [-0.25, -0.2) is 0 Å². The van der Waals surface area contributed by atoms with Gasteiger partial charge in [0, 0.05) is 0 Å². The zero-order valence-corrected chi connectivity index (χ0v) is 9.90. The van der Waals surface area contributed by atoms with E-state index in [2.05, 4.69) is 6.92 Å². The van der Waals surface area contributed by atoms with Crippen molar-refractivity contribution >= 4 is 5.97 Å². The van der Waals surface area contributed by atoms with Crippen molar-refractivity contribution in [3.63, 3.8) is 0 Å². The van der Waals surface area contributed by atoms with Gasteiger partial charge < -0.3 is 4.74 Å². The molecule has 0 atom stereocenters. The molecule has 86 valence electrons. The lowest BCUT2D eigenvalue weighted by atomic mass is 10.2. The van der Waals surface area contributed by atoms with E-state index in [4.69, 9.17) is 4.74 Å². The van der Waals surface area contributed by atoms with Gasteiger partial charge in [-0.1, -0.05) is 43.7 Å². The molecule has 1 aromatic rings. The van der Waals surface area contributed by atoms with E-state index in [-0.39, 0.29) is 5.97 Å². The minimum atomic E-state index is -0.198. The van der Waals surface area contributed by atoms with Crippen molar-refractivity contribution in [1.82, 2.24) is 0 Å². The minimum absolute atomic E-state index is 0.198. The highest BCUT2D eigenvalue weighted by atomic mass is 16.5. The molecule has 2 nitrogen and oxygen atoms in total. The summed E-state index contributed by atoms with van der Waals surface area (Å²) in [4.78, 5) is 11.5. The lowest BCUT2D eigenvalue weighted by Crippen LogP contribution is -2.06. The fourth-order valence-electron chi connectivity index (χ4n) is 1.37. The van der Waals surface area contributed by atoms with Crippen LogP contribution in [-0.2, 0) is 16.0 Å². The highest BCUT2D eigenvalue weighted by Crippen LogP contribution is 2.05. The van der Waals surface area contributed by atoms with Gasteiger partial charge in [-0.3, -0.25) is 4.79 Å². The zero-order valence-electron chi connectivity index (χ0n) is 9.90. The van der Waals surface area contributed by atoms with E-state index in [0.717, 1.165) is 18.4 Å². The monoisotopic (exact) mass is 218 g/mol. The van der Waals surface area contributed by atoms with Gasteiger partial charge >= 0.3 is 5.97 Å². The molecule has 0 aliphatic heterocycles. The molecule has 0 aliphatic carbocycles. The molecule has 16 heavy (non-hydrogen) atoms. The Hall–Kier alpha value is -1.57. The first-order valence-electron chi connectivity index (χ1n) is 5.63. The highest BCUT2D eigenvalue weighted by molar-refractivity contribution is 5.73. The summed E-state index contributed by atoms with van der Waals surface area (Å²) in [5.74, 6) is 0.499. The second-order valence-electron chi connectivity index (χ2n) is 3.74. The minimum Gasteiger partial charge on any atom is -0.431 e. The van der Waals surface area contributed by atoms with E-state index in [0.29, 0.717) is 12.2 Å². The smallest absolute Gasteiger partial charge is 0.315 e. The third kappa shape index (κ3) is 4.78. The summed E-state index contributed by atoms with van der Waals surface area (Å²) in [5, 5.41) is 0. The molecular weight excluding hydrogens is 200 g/mol. The molecule has 2 heteroatoms. The molecule has 0 aliphatic rings. The van der Waals surface area contributed by atoms with Gasteiger partial charge in [0.05, 0.1) is 6.42 Å². The van der Waals surface area contributed by atoms with Gasteiger partial charge in [0.15, 0.2) is 0 Å². The van der Waals surface area contributed by atoms with Crippen molar-refractivity contribution in [3.05, 3.63) is 47.7 Å². The summed E-state index contributed by atoms with van der Waals surface area (Å²) in [6, 6.07) is 9.62. The predicted molar refractivity (Wildman–Crippen MR) is 64.9 cm³/mol. The predicted octanol–water partition coefficient (Wildman–Crippen LogP) is 3.48. The van der Waals surface area contributed by atoms with Crippen LogP contribution >= 0.6 is 0 Å². The van der Waals surface area contributed by atoms with Crippen molar-refractivity contribution < 1.29 is 9.53 Å². The number of hydrogen-bond donors (Lipinski definition) is 0. The number of esters is 1. The molecular formula is C14H18O2. The Morgan fingerprint density at radius 3 is 2.62 bits per heavy atom. The van der Waals surface area contributed by atoms with Gasteiger partial charge in [-0.05, 0) is 25.0 Å². The first-order chi connectivity index (χ1) is 7.72. The summed E-state index contributed by atoms with van der Waals surface area (Å²) in [6.07, 6.45) is 4.29. The molecule has 0 unspecified atom stereocenters. The quantitative estimate of drug-likeness (QED) is 0.558. The maximum absolute atomic E-state index is 11.5. The Morgan fingerprint density at radius 2 is 2.00 bits per heavy atom. The number of unbranched alkanes of at least 4 members (excludes halogenated alkanes) is 1. The first kappa shape index (κ1) is 12.5. The van der Waals surface area contributed by atoms with Gasteiger partial charge in [0.1, 0.15) is 5.76 Å². The summed E-state index contributed by atoms with van der Waals surface area (Å²) in [5.41, 5.74) is 0.982. The van der Waals surface area contributed by atoms with E-state index in [9.17, 15) is 4.79 Å². The first-order valence-corrected chi connectivity index (χ1v) is 5.63. The van der Waals surface area contributed by atoms with E-state index >= 15 is 0 Å². The largest absolute Gasteiger partial charge is 0.431 e. The van der Waals surface area contributed by atoms with Crippen molar-refractivity contribution in [2.75, 3.05) is 0 Å². The molecule has 0 aromatic heterocycles. The van der Waals surface area contributed by atoms with Crippen LogP contribution in [0.4, 0.5) is 0 Å². The molecule has 1 rings (SSSR count). The van der Waals surface area contributed by atoms with E-state index in [1.54, 1.807) is 0 Å². The number of allylic oxidation sites excluding steroid dienone is 2. The Bertz CT molecular complexity index is 352. The van der Waals surface area contributed by atoms with Gasteiger partial charge in [-0.15, -0.1) is 0 Å². The normalized spacial score (nSPS) is 11.2. The molecule has 0 spiro atoms. The number of rotatable bonds is 5. The molecule has 0 saturated carbocycles. The number of ether oxygens (including phenoxy) is 1. The number of hydrogen-bond acceptors (Lipinski definition) is 2. The maximum Gasteiger partial charge on any atom is 0.315 e. The van der Waals surface area contributed by atoms with Gasteiger partial charge in [0.2, 0.25) is 0 Å². The fraction of sp³-hybridized carbons (Fsp3) is 0.357. The van der Waals surface area contributed by atoms with Gasteiger partial charge in [-0.2, -0.15) is 0 Å². The summed E-state index contributed by atoms with van der Waals surface area (Å²) in [7, 11) is 0. The lowest BCUT2D eigenvalue weighted by Gasteiger charge is -2.04. The third-order valence-electron chi connectivity index (χ3n) is 2.19. The average molecular weight is 218 g/mol. The Labute approximate surface area is 96.9 Å². The second-order valence-corrected chi connectivity index (χ2v) is 3.74. The fourth-order valence-corrected chi connectivity index (χ4v) is 1.37. The summed E-state index contributed by atoms with van der Waals surface area (Å²) in [6.45, 7) is 3.91. The van der Waals surface area contributed by atoms with Crippen molar-refractivity contribution in [2.24, 2.45) is 0 Å². The Kier molecular flexibility index (Phi) is 5.34. The summed E-state index contributed by atoms with van der Waals surface area (Å²) < 4.78 is 5.18. The molecule has 0 radical (unpaired) electrons. The average Bonchev–Trinajstić information content (AvgIpc) is 2.27. The molecule has 1 aromatic carbocycles. The number of carbonyl (C=O) groups excluding carboxylic acids is 1. The topological polar surface area (TPSA) is 26.3 Å². The standard InChI is InChI=1S/C14H18O2/c1-3-4-8-12(2)16-14(15)11-13-9-6-5-7-10-13/h5-10H,3-4,11H2,1-2H3/b12-8+. The Balaban J connectivity index is 2.42. The second kappa shape index (κ2) is 6.83. The number of carbonyl (C=O) groups is 1. The van der Waals surface area contributed by atoms with Crippen LogP contribution in [0.5, 0.6) is 0 Å². The molecule has 0 fully saturated rings. The van der Waals surface area contributed by atoms with Crippen LogP contribution in [0, 0.1) is 0 Å². The third-order valence-corrected chi connectivity index (χ3v) is 2.19. The van der Waals surface area contributed by atoms with Crippen LogP contribution in [0.1, 0.15) is 32.3 Å². The van der Waals surface area contributed by atoms with E-state index in [1.165, 1.54) is 0 Å². The van der Waals surface area contributed by atoms with E-state index < -0.39 is 0 Å². The lowest BCUT2D eigenvalue weighted by molar-refractivity contribution is -0.138. The zero-order chi connectivity index (χ0) is 11.8. The van der Waals surface area contributed by atoms with Crippen LogP contribution in [-0.4, -0.2) is 5.97 Å². The maximum atomic E-state index is 11.5. The number of benzene rings is 1. The van der Waals surface area contributed by atoms with Crippen LogP contribution in [0.2, 0.25) is 0 Å². The molecule has 0 amide bonds. The van der Waals surface area contributed by atoms with Gasteiger partial charge in [0.25, 0.3) is 0 Å². The SMILES string of the molecule is CCC/C=C(\C)OC(=O)Cc1ccccc1. The van der Waals surface area contributed by atoms with Crippen LogP contribution in [0.3, 0.4) is 0 Å². The van der Waals surface area contributed by atoms with Crippen molar-refractivity contribution in [3.8, 4) is 0 Å². The van der Waals surface area contributed by atoms with Crippen LogP contribution < -0.4 is 0 Å². The summed E-state index contributed by atoms with van der Waals surface area (Å²) >= 11 is 0. The Morgan fingerprint density at radius 1 is 1.31 bits per heavy atom. The molecule has 0 heterocycles. The van der Waals surface area contributed by atoms with E-state index in [1.807, 2.05) is 43.3 Å². The van der Waals surface area contributed by atoms with Crippen LogP contribution in [0.25, 0.3) is 0 Å². The molecule has 0 N–H and O–H groups in total. The van der Waals surface area contributed by atoms with Crippen LogP contribution in [0.15, 0.2) is 42.2 Å². The molecule has 0 bridgehead atoms.